The van der Waals surface area contributed by atoms with Crippen molar-refractivity contribution >= 4 is 37.5 Å². The van der Waals surface area contributed by atoms with Crippen LogP contribution in [0.15, 0.2) is 27.1 Å². The second kappa shape index (κ2) is 8.11. The van der Waals surface area contributed by atoms with E-state index >= 15 is 0 Å². The first-order valence-electron chi connectivity index (χ1n) is 5.86. The van der Waals surface area contributed by atoms with Crippen molar-refractivity contribution in [1.82, 2.24) is 0 Å². The molecule has 0 saturated heterocycles. The molecule has 4 heteroatoms. The van der Waals surface area contributed by atoms with E-state index in [0.717, 1.165) is 40.8 Å². The van der Waals surface area contributed by atoms with Crippen molar-refractivity contribution in [3.05, 3.63) is 27.1 Å². The fourth-order valence-corrected chi connectivity index (χ4v) is 2.50. The van der Waals surface area contributed by atoms with Crippen molar-refractivity contribution in [3.8, 4) is 0 Å². The molecule has 0 bridgehead atoms. The molecular formula is C13H19Br2NO. The van der Waals surface area contributed by atoms with Crippen LogP contribution in [0.3, 0.4) is 0 Å². The Labute approximate surface area is 120 Å². The summed E-state index contributed by atoms with van der Waals surface area (Å²) in [7, 11) is 0. The molecule has 1 aromatic rings. The standard InChI is InChI=1S/C13H19Br2NO/c1-10(2)5-7-17-8-6-16-13-4-3-11(14)9-12(13)15/h3-4,9-10,16H,5-8H2,1-2H3. The topological polar surface area (TPSA) is 21.3 Å². The van der Waals surface area contributed by atoms with Crippen LogP contribution in [-0.4, -0.2) is 19.8 Å². The van der Waals surface area contributed by atoms with Crippen LogP contribution in [0.25, 0.3) is 0 Å². The number of ether oxygens (including phenoxy) is 1. The molecule has 96 valence electrons. The maximum absolute atomic E-state index is 5.54. The van der Waals surface area contributed by atoms with E-state index in [1.165, 1.54) is 0 Å². The summed E-state index contributed by atoms with van der Waals surface area (Å²) in [6, 6.07) is 6.09. The zero-order valence-electron chi connectivity index (χ0n) is 10.3. The quantitative estimate of drug-likeness (QED) is 0.709. The Morgan fingerprint density at radius 3 is 2.65 bits per heavy atom. The number of hydrogen-bond donors (Lipinski definition) is 1. The first kappa shape index (κ1) is 15.0. The lowest BCUT2D eigenvalue weighted by Crippen LogP contribution is -2.11. The maximum Gasteiger partial charge on any atom is 0.0639 e. The summed E-state index contributed by atoms with van der Waals surface area (Å²) in [4.78, 5) is 0. The predicted molar refractivity (Wildman–Crippen MR) is 80.6 cm³/mol. The molecule has 0 aromatic heterocycles. The summed E-state index contributed by atoms with van der Waals surface area (Å²) in [5.41, 5.74) is 1.10. The molecule has 0 radical (unpaired) electrons. The fourth-order valence-electron chi connectivity index (χ4n) is 1.31. The molecule has 1 aromatic carbocycles. The van der Waals surface area contributed by atoms with E-state index < -0.39 is 0 Å². The van der Waals surface area contributed by atoms with Crippen LogP contribution in [0.2, 0.25) is 0 Å². The van der Waals surface area contributed by atoms with Crippen LogP contribution in [0.5, 0.6) is 0 Å². The van der Waals surface area contributed by atoms with Gasteiger partial charge in [0.15, 0.2) is 0 Å². The average Bonchev–Trinajstić information content (AvgIpc) is 2.25. The van der Waals surface area contributed by atoms with E-state index in [2.05, 4.69) is 51.0 Å². The monoisotopic (exact) mass is 363 g/mol. The molecule has 0 aliphatic heterocycles. The minimum Gasteiger partial charge on any atom is -0.382 e. The number of nitrogens with one attached hydrogen (secondary N) is 1. The van der Waals surface area contributed by atoms with Gasteiger partial charge in [-0.1, -0.05) is 29.8 Å². The Morgan fingerprint density at radius 2 is 2.00 bits per heavy atom. The summed E-state index contributed by atoms with van der Waals surface area (Å²) in [5, 5.41) is 3.34. The lowest BCUT2D eigenvalue weighted by Gasteiger charge is -2.10. The molecule has 0 heterocycles. The smallest absolute Gasteiger partial charge is 0.0639 e. The Balaban J connectivity index is 2.18. The predicted octanol–water partition coefficient (Wildman–Crippen LogP) is 4.69. The van der Waals surface area contributed by atoms with E-state index in [0.29, 0.717) is 5.92 Å². The van der Waals surface area contributed by atoms with Gasteiger partial charge in [-0.25, -0.2) is 0 Å². The molecule has 0 unspecified atom stereocenters. The van der Waals surface area contributed by atoms with Gasteiger partial charge >= 0.3 is 0 Å². The lowest BCUT2D eigenvalue weighted by atomic mass is 10.1. The first-order valence-corrected chi connectivity index (χ1v) is 7.45. The van der Waals surface area contributed by atoms with Crippen molar-refractivity contribution < 1.29 is 4.74 Å². The highest BCUT2D eigenvalue weighted by molar-refractivity contribution is 9.11. The van der Waals surface area contributed by atoms with Gasteiger partial charge < -0.3 is 10.1 Å². The molecule has 0 atom stereocenters. The molecule has 0 saturated carbocycles. The molecule has 2 nitrogen and oxygen atoms in total. The molecular weight excluding hydrogens is 346 g/mol. The molecule has 17 heavy (non-hydrogen) atoms. The van der Waals surface area contributed by atoms with Gasteiger partial charge in [-0.15, -0.1) is 0 Å². The number of hydrogen-bond acceptors (Lipinski definition) is 2. The highest BCUT2D eigenvalue weighted by atomic mass is 79.9. The lowest BCUT2D eigenvalue weighted by molar-refractivity contribution is 0.132. The third kappa shape index (κ3) is 6.43. The summed E-state index contributed by atoms with van der Waals surface area (Å²) in [6.45, 7) is 6.84. The largest absolute Gasteiger partial charge is 0.382 e. The summed E-state index contributed by atoms with van der Waals surface area (Å²) >= 11 is 6.95. The maximum atomic E-state index is 5.54. The molecule has 1 N–H and O–H groups in total. The fraction of sp³-hybridized carbons (Fsp3) is 0.538. The van der Waals surface area contributed by atoms with Gasteiger partial charge in [-0.05, 0) is 46.5 Å². The molecule has 0 amide bonds. The Morgan fingerprint density at radius 1 is 1.24 bits per heavy atom. The van der Waals surface area contributed by atoms with E-state index in [1.54, 1.807) is 0 Å². The van der Waals surface area contributed by atoms with Crippen molar-refractivity contribution in [1.29, 1.82) is 0 Å². The van der Waals surface area contributed by atoms with Gasteiger partial charge in [0, 0.05) is 27.8 Å². The second-order valence-electron chi connectivity index (χ2n) is 4.35. The molecule has 0 aliphatic rings. The van der Waals surface area contributed by atoms with E-state index in [1.807, 2.05) is 18.2 Å². The van der Waals surface area contributed by atoms with Crippen molar-refractivity contribution in [2.45, 2.75) is 20.3 Å². The molecule has 0 spiro atoms. The first-order chi connectivity index (χ1) is 8.09. The zero-order chi connectivity index (χ0) is 12.7. The van der Waals surface area contributed by atoms with Crippen LogP contribution in [0.4, 0.5) is 5.69 Å². The second-order valence-corrected chi connectivity index (χ2v) is 6.12. The number of halogens is 2. The highest BCUT2D eigenvalue weighted by Crippen LogP contribution is 2.25. The van der Waals surface area contributed by atoms with Crippen LogP contribution in [0, 0.1) is 5.92 Å². The number of rotatable bonds is 7. The normalized spacial score (nSPS) is 10.9. The minimum atomic E-state index is 0.712. The third-order valence-corrected chi connectivity index (χ3v) is 3.48. The summed E-state index contributed by atoms with van der Waals surface area (Å²) in [5.74, 6) is 0.712. The van der Waals surface area contributed by atoms with E-state index in [-0.39, 0.29) is 0 Å². The van der Waals surface area contributed by atoms with Crippen LogP contribution >= 0.6 is 31.9 Å². The molecule has 1 rings (SSSR count). The number of anilines is 1. The summed E-state index contributed by atoms with van der Waals surface area (Å²) in [6.07, 6.45) is 1.13. The van der Waals surface area contributed by atoms with Gasteiger partial charge in [0.25, 0.3) is 0 Å². The van der Waals surface area contributed by atoms with Crippen LogP contribution in [0.1, 0.15) is 20.3 Å². The van der Waals surface area contributed by atoms with Gasteiger partial charge in [0.1, 0.15) is 0 Å². The average molecular weight is 365 g/mol. The Kier molecular flexibility index (Phi) is 7.16. The zero-order valence-corrected chi connectivity index (χ0v) is 13.5. The van der Waals surface area contributed by atoms with Crippen molar-refractivity contribution in [3.63, 3.8) is 0 Å². The van der Waals surface area contributed by atoms with Gasteiger partial charge in [-0.3, -0.25) is 0 Å². The SMILES string of the molecule is CC(C)CCOCCNc1ccc(Br)cc1Br. The Hall–Kier alpha value is -0.0600. The number of benzene rings is 1. The van der Waals surface area contributed by atoms with Gasteiger partial charge in [0.2, 0.25) is 0 Å². The highest BCUT2D eigenvalue weighted by Gasteiger charge is 1.99. The van der Waals surface area contributed by atoms with Gasteiger partial charge in [-0.2, -0.15) is 0 Å². The van der Waals surface area contributed by atoms with Crippen molar-refractivity contribution in [2.75, 3.05) is 25.1 Å². The minimum absolute atomic E-state index is 0.712. The van der Waals surface area contributed by atoms with E-state index in [4.69, 9.17) is 4.74 Å². The molecule has 0 aliphatic carbocycles. The van der Waals surface area contributed by atoms with Gasteiger partial charge in [0.05, 0.1) is 6.61 Å². The van der Waals surface area contributed by atoms with Crippen molar-refractivity contribution in [2.24, 2.45) is 5.92 Å². The summed E-state index contributed by atoms with van der Waals surface area (Å²) < 4.78 is 7.68. The van der Waals surface area contributed by atoms with Crippen LogP contribution in [-0.2, 0) is 4.74 Å². The Bertz CT molecular complexity index is 342. The van der Waals surface area contributed by atoms with E-state index in [9.17, 15) is 0 Å². The third-order valence-electron chi connectivity index (χ3n) is 2.33. The molecule has 0 fully saturated rings. The van der Waals surface area contributed by atoms with Crippen LogP contribution < -0.4 is 5.32 Å².